The maximum absolute atomic E-state index is 12.3. The molecule has 0 heterocycles. The molecule has 0 radical (unpaired) electrons. The first kappa shape index (κ1) is 15.1. The Balaban J connectivity index is 1.73. The van der Waals surface area contributed by atoms with Crippen molar-refractivity contribution < 1.29 is 14.3 Å². The van der Waals surface area contributed by atoms with E-state index in [0.717, 1.165) is 18.4 Å². The van der Waals surface area contributed by atoms with E-state index < -0.39 is 5.97 Å². The average Bonchev–Trinajstić information content (AvgIpc) is 3.36. The molecule has 118 valence electrons. The number of anilines is 1. The molecule has 5 nitrogen and oxygen atoms in total. The maximum atomic E-state index is 12.3. The van der Waals surface area contributed by atoms with Gasteiger partial charge in [-0.1, -0.05) is 42.5 Å². The van der Waals surface area contributed by atoms with Crippen LogP contribution in [0.25, 0.3) is 0 Å². The number of methoxy groups -OCH3 is 1. The number of esters is 1. The number of carbonyl (C=O) groups is 2. The van der Waals surface area contributed by atoms with Crippen molar-refractivity contribution in [2.24, 2.45) is 0 Å². The summed E-state index contributed by atoms with van der Waals surface area (Å²) in [5, 5.41) is 5.75. The van der Waals surface area contributed by atoms with E-state index in [-0.39, 0.29) is 11.6 Å². The van der Waals surface area contributed by atoms with E-state index in [0.29, 0.717) is 11.3 Å². The van der Waals surface area contributed by atoms with Gasteiger partial charge in [0.2, 0.25) is 0 Å². The lowest BCUT2D eigenvalue weighted by Gasteiger charge is -2.19. The number of amides is 2. The van der Waals surface area contributed by atoms with Crippen molar-refractivity contribution in [1.29, 1.82) is 0 Å². The molecule has 0 atom stereocenters. The zero-order valence-electron chi connectivity index (χ0n) is 12.8. The van der Waals surface area contributed by atoms with Crippen LogP contribution in [0.15, 0.2) is 54.6 Å². The van der Waals surface area contributed by atoms with Gasteiger partial charge in [-0.25, -0.2) is 9.59 Å². The maximum Gasteiger partial charge on any atom is 0.339 e. The number of hydrogen-bond acceptors (Lipinski definition) is 3. The summed E-state index contributed by atoms with van der Waals surface area (Å²) >= 11 is 0. The fourth-order valence-electron chi connectivity index (χ4n) is 2.62. The van der Waals surface area contributed by atoms with Gasteiger partial charge in [-0.15, -0.1) is 0 Å². The molecule has 0 unspecified atom stereocenters. The van der Waals surface area contributed by atoms with Gasteiger partial charge in [-0.3, -0.25) is 0 Å². The van der Waals surface area contributed by atoms with Crippen LogP contribution in [0.2, 0.25) is 0 Å². The molecule has 1 saturated carbocycles. The highest BCUT2D eigenvalue weighted by Crippen LogP contribution is 2.45. The van der Waals surface area contributed by atoms with Gasteiger partial charge in [-0.05, 0) is 30.5 Å². The summed E-state index contributed by atoms with van der Waals surface area (Å²) in [7, 11) is 1.31. The Morgan fingerprint density at radius 2 is 1.65 bits per heavy atom. The van der Waals surface area contributed by atoms with Crippen LogP contribution >= 0.6 is 0 Å². The van der Waals surface area contributed by atoms with Crippen molar-refractivity contribution in [3.63, 3.8) is 0 Å². The summed E-state index contributed by atoms with van der Waals surface area (Å²) in [5.41, 5.74) is 1.55. The summed E-state index contributed by atoms with van der Waals surface area (Å²) in [6.07, 6.45) is 1.81. The van der Waals surface area contributed by atoms with E-state index in [1.165, 1.54) is 7.11 Å². The van der Waals surface area contributed by atoms with Gasteiger partial charge < -0.3 is 15.4 Å². The van der Waals surface area contributed by atoms with E-state index in [9.17, 15) is 9.59 Å². The fourth-order valence-corrected chi connectivity index (χ4v) is 2.62. The smallest absolute Gasteiger partial charge is 0.339 e. The number of ether oxygens (including phenoxy) is 1. The second kappa shape index (κ2) is 6.12. The predicted octanol–water partition coefficient (Wildman–Crippen LogP) is 3.28. The second-order valence-corrected chi connectivity index (χ2v) is 5.56. The molecule has 0 bridgehead atoms. The Morgan fingerprint density at radius 3 is 2.30 bits per heavy atom. The summed E-state index contributed by atoms with van der Waals surface area (Å²) in [6.45, 7) is 0. The number of carbonyl (C=O) groups excluding carboxylic acids is 2. The molecule has 0 spiro atoms. The Kier molecular flexibility index (Phi) is 4.02. The standard InChI is InChI=1S/C18H18N2O3/c1-23-16(21)14-9-5-6-10-15(14)19-17(22)20-18(11-12-18)13-7-3-2-4-8-13/h2-10H,11-12H2,1H3,(H2,19,20,22). The van der Waals surface area contributed by atoms with Gasteiger partial charge >= 0.3 is 12.0 Å². The molecule has 5 heteroatoms. The lowest BCUT2D eigenvalue weighted by Crippen LogP contribution is -2.38. The van der Waals surface area contributed by atoms with Gasteiger partial charge in [0.15, 0.2) is 0 Å². The van der Waals surface area contributed by atoms with E-state index in [1.54, 1.807) is 24.3 Å². The Hall–Kier alpha value is -2.82. The van der Waals surface area contributed by atoms with Crippen molar-refractivity contribution in [1.82, 2.24) is 5.32 Å². The number of para-hydroxylation sites is 1. The first-order valence-corrected chi connectivity index (χ1v) is 7.47. The number of benzene rings is 2. The minimum Gasteiger partial charge on any atom is -0.465 e. The van der Waals surface area contributed by atoms with Gasteiger partial charge in [0.05, 0.1) is 23.9 Å². The third-order valence-corrected chi connectivity index (χ3v) is 4.01. The van der Waals surface area contributed by atoms with Crippen LogP contribution in [0.4, 0.5) is 10.5 Å². The molecule has 0 aliphatic heterocycles. The van der Waals surface area contributed by atoms with E-state index in [4.69, 9.17) is 4.74 Å². The molecule has 2 aromatic carbocycles. The number of rotatable bonds is 4. The van der Waals surface area contributed by atoms with Crippen LogP contribution in [-0.4, -0.2) is 19.1 Å². The molecule has 3 rings (SSSR count). The summed E-state index contributed by atoms with van der Waals surface area (Å²) in [6, 6.07) is 16.3. The molecule has 0 aromatic heterocycles. The highest BCUT2D eigenvalue weighted by molar-refractivity contribution is 6.01. The summed E-state index contributed by atoms with van der Waals surface area (Å²) < 4.78 is 4.73. The van der Waals surface area contributed by atoms with Crippen molar-refractivity contribution in [2.45, 2.75) is 18.4 Å². The summed E-state index contributed by atoms with van der Waals surface area (Å²) in [4.78, 5) is 24.1. The average molecular weight is 310 g/mol. The first-order valence-electron chi connectivity index (χ1n) is 7.47. The third-order valence-electron chi connectivity index (χ3n) is 4.01. The molecule has 1 aliphatic rings. The quantitative estimate of drug-likeness (QED) is 0.852. The van der Waals surface area contributed by atoms with E-state index >= 15 is 0 Å². The highest BCUT2D eigenvalue weighted by atomic mass is 16.5. The molecule has 23 heavy (non-hydrogen) atoms. The minimum atomic E-state index is -0.481. The normalized spacial score (nSPS) is 14.7. The highest BCUT2D eigenvalue weighted by Gasteiger charge is 2.45. The van der Waals surface area contributed by atoms with Crippen LogP contribution in [0.5, 0.6) is 0 Å². The molecule has 2 amide bonds. The lowest BCUT2D eigenvalue weighted by atomic mass is 10.1. The number of hydrogen-bond donors (Lipinski definition) is 2. The van der Waals surface area contributed by atoms with E-state index in [2.05, 4.69) is 10.6 Å². The van der Waals surface area contributed by atoms with Gasteiger partial charge in [-0.2, -0.15) is 0 Å². The molecule has 2 N–H and O–H groups in total. The Labute approximate surface area is 134 Å². The molecule has 1 aliphatic carbocycles. The number of urea groups is 1. The topological polar surface area (TPSA) is 67.4 Å². The van der Waals surface area contributed by atoms with Gasteiger partial charge in [0, 0.05) is 0 Å². The monoisotopic (exact) mass is 310 g/mol. The fraction of sp³-hybridized carbons (Fsp3) is 0.222. The van der Waals surface area contributed by atoms with Crippen molar-refractivity contribution >= 4 is 17.7 Å². The minimum absolute atomic E-state index is 0.300. The first-order chi connectivity index (χ1) is 11.1. The van der Waals surface area contributed by atoms with Crippen LogP contribution in [-0.2, 0) is 10.3 Å². The number of nitrogens with one attached hydrogen (secondary N) is 2. The predicted molar refractivity (Wildman–Crippen MR) is 87.3 cm³/mol. The zero-order chi connectivity index (χ0) is 16.3. The molecule has 0 saturated heterocycles. The van der Waals surface area contributed by atoms with Gasteiger partial charge in [0.1, 0.15) is 0 Å². The molecular weight excluding hydrogens is 292 g/mol. The summed E-state index contributed by atoms with van der Waals surface area (Å²) in [5.74, 6) is -0.481. The second-order valence-electron chi connectivity index (χ2n) is 5.56. The largest absolute Gasteiger partial charge is 0.465 e. The Morgan fingerprint density at radius 1 is 1.00 bits per heavy atom. The zero-order valence-corrected chi connectivity index (χ0v) is 12.8. The molecule has 1 fully saturated rings. The van der Waals surface area contributed by atoms with Crippen molar-refractivity contribution in [2.75, 3.05) is 12.4 Å². The SMILES string of the molecule is COC(=O)c1ccccc1NC(=O)NC1(c2ccccc2)CC1. The van der Waals surface area contributed by atoms with Crippen LogP contribution < -0.4 is 10.6 Å². The third kappa shape index (κ3) is 3.18. The van der Waals surface area contributed by atoms with Crippen molar-refractivity contribution in [3.05, 3.63) is 65.7 Å². The molecular formula is C18H18N2O3. The van der Waals surface area contributed by atoms with Crippen LogP contribution in [0, 0.1) is 0 Å². The van der Waals surface area contributed by atoms with Gasteiger partial charge in [0.25, 0.3) is 0 Å². The van der Waals surface area contributed by atoms with E-state index in [1.807, 2.05) is 30.3 Å². The Bertz CT molecular complexity index is 724. The van der Waals surface area contributed by atoms with Crippen molar-refractivity contribution in [3.8, 4) is 0 Å². The lowest BCUT2D eigenvalue weighted by molar-refractivity contribution is 0.0602. The van der Waals surface area contributed by atoms with Crippen LogP contribution in [0.1, 0.15) is 28.8 Å². The van der Waals surface area contributed by atoms with Crippen LogP contribution in [0.3, 0.4) is 0 Å². The molecule has 2 aromatic rings.